The third-order valence-electron chi connectivity index (χ3n) is 5.80. The van der Waals surface area contributed by atoms with E-state index < -0.39 is 0 Å². The Hall–Kier alpha value is -3.46. The van der Waals surface area contributed by atoms with E-state index in [0.717, 1.165) is 22.8 Å². The number of amides is 1. The van der Waals surface area contributed by atoms with E-state index in [2.05, 4.69) is 15.0 Å². The molecule has 0 radical (unpaired) electrons. The Balaban J connectivity index is 1.43. The third kappa shape index (κ3) is 5.14. The molecule has 1 aromatic carbocycles. The number of aryl methyl sites for hydroxylation is 1. The van der Waals surface area contributed by atoms with Crippen LogP contribution in [0.5, 0.6) is 5.75 Å². The highest BCUT2D eigenvalue weighted by atomic mass is 19.1. The van der Waals surface area contributed by atoms with Crippen LogP contribution in [0, 0.1) is 12.7 Å². The second-order valence-corrected chi connectivity index (χ2v) is 8.00. The van der Waals surface area contributed by atoms with E-state index >= 15 is 0 Å². The van der Waals surface area contributed by atoms with E-state index in [0.29, 0.717) is 44.0 Å². The minimum atomic E-state index is -0.256. The van der Waals surface area contributed by atoms with Crippen LogP contribution in [0.4, 0.5) is 10.2 Å². The lowest BCUT2D eigenvalue weighted by molar-refractivity contribution is -0.132. The van der Waals surface area contributed by atoms with Gasteiger partial charge in [0.2, 0.25) is 5.91 Å². The molecule has 3 heterocycles. The van der Waals surface area contributed by atoms with Gasteiger partial charge in [-0.1, -0.05) is 0 Å². The number of benzene rings is 1. The van der Waals surface area contributed by atoms with Crippen LogP contribution >= 0.6 is 0 Å². The van der Waals surface area contributed by atoms with Gasteiger partial charge in [0.1, 0.15) is 23.9 Å². The van der Waals surface area contributed by atoms with Gasteiger partial charge in [-0.3, -0.25) is 9.48 Å². The summed E-state index contributed by atoms with van der Waals surface area (Å²) in [5, 5.41) is 4.62. The largest absolute Gasteiger partial charge is 0.497 e. The Morgan fingerprint density at radius 2 is 1.88 bits per heavy atom. The zero-order valence-electron chi connectivity index (χ0n) is 19.1. The average molecular weight is 454 g/mol. The topological polar surface area (TPSA) is 72.7 Å². The molecule has 0 atom stereocenters. The fourth-order valence-electron chi connectivity index (χ4n) is 3.91. The summed E-state index contributed by atoms with van der Waals surface area (Å²) in [5.41, 5.74) is 2.83. The lowest BCUT2D eigenvalue weighted by Gasteiger charge is -2.35. The molecule has 0 spiro atoms. The highest BCUT2D eigenvalue weighted by molar-refractivity contribution is 5.76. The van der Waals surface area contributed by atoms with E-state index in [1.807, 2.05) is 23.1 Å². The maximum Gasteiger partial charge on any atom is 0.244 e. The minimum Gasteiger partial charge on any atom is -0.497 e. The standard InChI is InChI=1S/C24H28FN5O3/c1-17-12-18(4-5-21(17)25)22-13-19(16-32-2)30(27-22)15-24(31)29-10-8-28(9-11-29)23-14-20(33-3)6-7-26-23/h4-7,12-14H,8-11,15-16H2,1-3H3. The third-order valence-corrected chi connectivity index (χ3v) is 5.80. The van der Waals surface area contributed by atoms with Crippen molar-refractivity contribution in [2.75, 3.05) is 45.3 Å². The molecule has 1 aliphatic rings. The van der Waals surface area contributed by atoms with Crippen molar-refractivity contribution in [1.82, 2.24) is 19.7 Å². The second kappa shape index (κ2) is 9.99. The Kier molecular flexibility index (Phi) is 6.88. The molecule has 0 unspecified atom stereocenters. The van der Waals surface area contributed by atoms with Crippen molar-refractivity contribution in [3.8, 4) is 17.0 Å². The molecule has 3 aromatic rings. The normalized spacial score (nSPS) is 13.9. The fourth-order valence-corrected chi connectivity index (χ4v) is 3.91. The maximum atomic E-state index is 13.7. The number of anilines is 1. The van der Waals surface area contributed by atoms with Crippen molar-refractivity contribution in [2.45, 2.75) is 20.1 Å². The van der Waals surface area contributed by atoms with Gasteiger partial charge in [0.15, 0.2) is 0 Å². The number of halogens is 1. The van der Waals surface area contributed by atoms with Crippen LogP contribution in [-0.2, 0) is 22.7 Å². The molecule has 1 fully saturated rings. The van der Waals surface area contributed by atoms with Crippen molar-refractivity contribution in [3.63, 3.8) is 0 Å². The summed E-state index contributed by atoms with van der Waals surface area (Å²) in [6.45, 7) is 4.75. The van der Waals surface area contributed by atoms with Crippen molar-refractivity contribution < 1.29 is 18.7 Å². The number of hydrogen-bond acceptors (Lipinski definition) is 6. The second-order valence-electron chi connectivity index (χ2n) is 8.00. The molecule has 33 heavy (non-hydrogen) atoms. The van der Waals surface area contributed by atoms with E-state index in [9.17, 15) is 9.18 Å². The number of ether oxygens (including phenoxy) is 2. The molecule has 8 nitrogen and oxygen atoms in total. The van der Waals surface area contributed by atoms with Gasteiger partial charge in [0, 0.05) is 51.1 Å². The number of carbonyl (C=O) groups is 1. The van der Waals surface area contributed by atoms with Crippen molar-refractivity contribution in [3.05, 3.63) is 59.7 Å². The SMILES string of the molecule is COCc1cc(-c2ccc(F)c(C)c2)nn1CC(=O)N1CCN(c2cc(OC)ccn2)CC1. The quantitative estimate of drug-likeness (QED) is 0.548. The van der Waals surface area contributed by atoms with Gasteiger partial charge in [-0.2, -0.15) is 5.10 Å². The van der Waals surface area contributed by atoms with Crippen LogP contribution in [0.3, 0.4) is 0 Å². The van der Waals surface area contributed by atoms with Gasteiger partial charge < -0.3 is 19.3 Å². The predicted molar refractivity (Wildman–Crippen MR) is 123 cm³/mol. The lowest BCUT2D eigenvalue weighted by atomic mass is 10.1. The monoisotopic (exact) mass is 453 g/mol. The summed E-state index contributed by atoms with van der Waals surface area (Å²) < 4.78 is 25.9. The van der Waals surface area contributed by atoms with Gasteiger partial charge in [-0.15, -0.1) is 0 Å². The van der Waals surface area contributed by atoms with Crippen molar-refractivity contribution >= 4 is 11.7 Å². The first kappa shape index (κ1) is 22.7. The average Bonchev–Trinajstić information content (AvgIpc) is 3.23. The van der Waals surface area contributed by atoms with Crippen molar-refractivity contribution in [2.24, 2.45) is 0 Å². The zero-order valence-corrected chi connectivity index (χ0v) is 19.1. The molecule has 9 heteroatoms. The first-order chi connectivity index (χ1) is 16.0. The smallest absolute Gasteiger partial charge is 0.244 e. The lowest BCUT2D eigenvalue weighted by Crippen LogP contribution is -2.50. The number of rotatable bonds is 7. The van der Waals surface area contributed by atoms with Crippen LogP contribution < -0.4 is 9.64 Å². The van der Waals surface area contributed by atoms with Crippen LogP contribution in [0.15, 0.2) is 42.6 Å². The molecule has 0 N–H and O–H groups in total. The van der Waals surface area contributed by atoms with E-state index in [1.165, 1.54) is 6.07 Å². The Bertz CT molecular complexity index is 1130. The molecule has 174 valence electrons. The van der Waals surface area contributed by atoms with Crippen LogP contribution in [0.25, 0.3) is 11.3 Å². The summed E-state index contributed by atoms with van der Waals surface area (Å²) in [4.78, 5) is 21.4. The Labute approximate surface area is 192 Å². The summed E-state index contributed by atoms with van der Waals surface area (Å²) in [6, 6.07) is 10.5. The number of aromatic nitrogens is 3. The molecule has 0 aliphatic carbocycles. The first-order valence-electron chi connectivity index (χ1n) is 10.8. The minimum absolute atomic E-state index is 0.00413. The summed E-state index contributed by atoms with van der Waals surface area (Å²) in [7, 11) is 3.23. The predicted octanol–water partition coefficient (Wildman–Crippen LogP) is 2.90. The van der Waals surface area contributed by atoms with Gasteiger partial charge in [0.25, 0.3) is 0 Å². The molecular formula is C24H28FN5O3. The van der Waals surface area contributed by atoms with Gasteiger partial charge in [-0.25, -0.2) is 9.37 Å². The summed E-state index contributed by atoms with van der Waals surface area (Å²) >= 11 is 0. The number of piperazine rings is 1. The van der Waals surface area contributed by atoms with Crippen LogP contribution in [0.1, 0.15) is 11.3 Å². The Morgan fingerprint density at radius 3 is 2.58 bits per heavy atom. The van der Waals surface area contributed by atoms with Gasteiger partial charge >= 0.3 is 0 Å². The van der Waals surface area contributed by atoms with Crippen LogP contribution in [-0.4, -0.2) is 66.0 Å². The van der Waals surface area contributed by atoms with Gasteiger partial charge in [0.05, 0.1) is 25.1 Å². The summed E-state index contributed by atoms with van der Waals surface area (Å²) in [6.07, 6.45) is 1.72. The molecular weight excluding hydrogens is 425 g/mol. The number of hydrogen-bond donors (Lipinski definition) is 0. The molecule has 1 aliphatic heterocycles. The summed E-state index contributed by atoms with van der Waals surface area (Å²) in [5.74, 6) is 1.34. The molecule has 2 aromatic heterocycles. The van der Waals surface area contributed by atoms with Gasteiger partial charge in [-0.05, 0) is 42.8 Å². The fraction of sp³-hybridized carbons (Fsp3) is 0.375. The number of methoxy groups -OCH3 is 2. The van der Waals surface area contributed by atoms with E-state index in [4.69, 9.17) is 9.47 Å². The molecule has 1 saturated heterocycles. The molecule has 0 saturated carbocycles. The molecule has 0 bridgehead atoms. The molecule has 1 amide bonds. The zero-order chi connectivity index (χ0) is 23.4. The first-order valence-corrected chi connectivity index (χ1v) is 10.8. The highest BCUT2D eigenvalue weighted by Gasteiger charge is 2.23. The highest BCUT2D eigenvalue weighted by Crippen LogP contribution is 2.23. The number of nitrogens with zero attached hydrogens (tertiary/aromatic N) is 5. The van der Waals surface area contributed by atoms with E-state index in [1.54, 1.807) is 44.2 Å². The molecule has 4 rings (SSSR count). The number of pyridine rings is 1. The maximum absolute atomic E-state index is 13.7. The van der Waals surface area contributed by atoms with E-state index in [-0.39, 0.29) is 18.3 Å². The number of carbonyl (C=O) groups excluding carboxylic acids is 1. The van der Waals surface area contributed by atoms with Crippen LogP contribution in [0.2, 0.25) is 0 Å². The Morgan fingerprint density at radius 1 is 1.09 bits per heavy atom. The van der Waals surface area contributed by atoms with Crippen molar-refractivity contribution in [1.29, 1.82) is 0 Å².